The minimum absolute atomic E-state index is 0.190. The van der Waals surface area contributed by atoms with Crippen molar-refractivity contribution in [1.82, 2.24) is 4.98 Å². The number of nitrogens with two attached hydrogens (primary N) is 1. The first-order valence-electron chi connectivity index (χ1n) is 4.46. The molecule has 0 aliphatic rings. The van der Waals surface area contributed by atoms with E-state index in [0.717, 1.165) is 12.2 Å². The molecule has 5 heteroatoms. The molecule has 0 aliphatic heterocycles. The Bertz CT molecular complexity index is 442. The Kier molecular flexibility index (Phi) is 3.96. The van der Waals surface area contributed by atoms with E-state index in [1.807, 2.05) is 19.1 Å². The Balaban J connectivity index is 3.12. The minimum Gasteiger partial charge on any atom is -0.383 e. The van der Waals surface area contributed by atoms with Gasteiger partial charge in [-0.25, -0.2) is 4.98 Å². The van der Waals surface area contributed by atoms with E-state index in [2.05, 4.69) is 4.98 Å². The quantitative estimate of drug-likeness (QED) is 0.783. The van der Waals surface area contributed by atoms with Gasteiger partial charge in [-0.15, -0.1) is 11.8 Å². The van der Waals surface area contributed by atoms with Crippen molar-refractivity contribution in [3.8, 4) is 12.1 Å². The molecule has 0 bridgehead atoms. The number of anilines is 1. The van der Waals surface area contributed by atoms with Crippen LogP contribution in [0.15, 0.2) is 11.1 Å². The third-order valence-electron chi connectivity index (χ3n) is 1.70. The zero-order valence-electron chi connectivity index (χ0n) is 8.32. The lowest BCUT2D eigenvalue weighted by Crippen LogP contribution is -1.99. The smallest absolute Gasteiger partial charge is 0.142 e. The summed E-state index contributed by atoms with van der Waals surface area (Å²) in [6, 6.07) is 5.41. The van der Waals surface area contributed by atoms with Gasteiger partial charge in [-0.2, -0.15) is 10.5 Å². The highest BCUT2D eigenvalue weighted by Crippen LogP contribution is 2.23. The number of pyridine rings is 1. The number of nitriles is 2. The summed E-state index contributed by atoms with van der Waals surface area (Å²) in [5.41, 5.74) is 6.24. The van der Waals surface area contributed by atoms with E-state index in [0.29, 0.717) is 10.6 Å². The summed E-state index contributed by atoms with van der Waals surface area (Å²) in [5, 5.41) is 18.2. The number of nitrogens with zero attached hydrogens (tertiary/aromatic N) is 3. The number of nitrogen functional groups attached to an aromatic ring is 1. The molecule has 1 aromatic rings. The van der Waals surface area contributed by atoms with Crippen molar-refractivity contribution in [3.63, 3.8) is 0 Å². The molecule has 0 unspecified atom stereocenters. The monoisotopic (exact) mass is 218 g/mol. The van der Waals surface area contributed by atoms with Crippen LogP contribution < -0.4 is 5.73 Å². The van der Waals surface area contributed by atoms with Gasteiger partial charge in [-0.05, 0) is 18.2 Å². The second-order valence-electron chi connectivity index (χ2n) is 2.85. The number of rotatable bonds is 3. The standard InChI is InChI=1S/C10H10N4S/c1-2-3-15-10-8(6-12)4-7(5-11)9(13)14-10/h4H,2-3H2,1H3,(H2,13,14). The van der Waals surface area contributed by atoms with Crippen LogP contribution >= 0.6 is 11.8 Å². The van der Waals surface area contributed by atoms with Crippen LogP contribution in [-0.2, 0) is 0 Å². The van der Waals surface area contributed by atoms with Crippen molar-refractivity contribution in [2.75, 3.05) is 11.5 Å². The molecule has 0 amide bonds. The van der Waals surface area contributed by atoms with Crippen LogP contribution in [0, 0.1) is 22.7 Å². The maximum atomic E-state index is 8.88. The highest BCUT2D eigenvalue weighted by Gasteiger charge is 2.09. The third-order valence-corrected chi connectivity index (χ3v) is 2.90. The Morgan fingerprint density at radius 1 is 1.40 bits per heavy atom. The highest BCUT2D eigenvalue weighted by atomic mass is 32.2. The lowest BCUT2D eigenvalue weighted by molar-refractivity contribution is 1.07. The molecule has 0 fully saturated rings. The average molecular weight is 218 g/mol. The van der Waals surface area contributed by atoms with Crippen molar-refractivity contribution in [3.05, 3.63) is 17.2 Å². The summed E-state index contributed by atoms with van der Waals surface area (Å²) in [6.45, 7) is 2.05. The fourth-order valence-electron chi connectivity index (χ4n) is 0.988. The zero-order valence-corrected chi connectivity index (χ0v) is 9.14. The molecular formula is C10H10N4S. The first kappa shape index (κ1) is 11.4. The van der Waals surface area contributed by atoms with Gasteiger partial charge < -0.3 is 5.73 Å². The van der Waals surface area contributed by atoms with Gasteiger partial charge in [0.25, 0.3) is 0 Å². The fraction of sp³-hybridized carbons (Fsp3) is 0.300. The maximum absolute atomic E-state index is 8.88. The third kappa shape index (κ3) is 2.61. The van der Waals surface area contributed by atoms with Crippen LogP contribution in [0.25, 0.3) is 0 Å². The summed E-state index contributed by atoms with van der Waals surface area (Å²) in [5.74, 6) is 1.07. The molecule has 15 heavy (non-hydrogen) atoms. The number of aromatic nitrogens is 1. The molecule has 76 valence electrons. The molecule has 1 rings (SSSR count). The molecular weight excluding hydrogens is 208 g/mol. The lowest BCUT2D eigenvalue weighted by Gasteiger charge is -2.04. The Hall–Kier alpha value is -1.72. The second kappa shape index (κ2) is 5.23. The molecule has 0 saturated heterocycles. The van der Waals surface area contributed by atoms with Gasteiger partial charge in [0.2, 0.25) is 0 Å². The van der Waals surface area contributed by atoms with Crippen molar-refractivity contribution in [1.29, 1.82) is 10.5 Å². The van der Waals surface area contributed by atoms with Gasteiger partial charge in [-0.3, -0.25) is 0 Å². The summed E-state index contributed by atoms with van der Waals surface area (Å²) in [7, 11) is 0. The van der Waals surface area contributed by atoms with Crippen LogP contribution in [0.5, 0.6) is 0 Å². The Morgan fingerprint density at radius 3 is 2.60 bits per heavy atom. The molecule has 1 heterocycles. The van der Waals surface area contributed by atoms with E-state index in [4.69, 9.17) is 16.3 Å². The molecule has 1 aromatic heterocycles. The van der Waals surface area contributed by atoms with Gasteiger partial charge in [-0.1, -0.05) is 6.92 Å². The lowest BCUT2D eigenvalue weighted by atomic mass is 10.2. The minimum atomic E-state index is 0.190. The zero-order chi connectivity index (χ0) is 11.3. The van der Waals surface area contributed by atoms with E-state index in [-0.39, 0.29) is 11.4 Å². The first-order valence-corrected chi connectivity index (χ1v) is 5.45. The van der Waals surface area contributed by atoms with Gasteiger partial charge in [0.05, 0.1) is 11.1 Å². The van der Waals surface area contributed by atoms with Crippen LogP contribution in [0.3, 0.4) is 0 Å². The number of hydrogen-bond acceptors (Lipinski definition) is 5. The van der Waals surface area contributed by atoms with Crippen LogP contribution in [0.1, 0.15) is 24.5 Å². The molecule has 4 nitrogen and oxygen atoms in total. The molecule has 0 saturated carbocycles. The van der Waals surface area contributed by atoms with Gasteiger partial charge >= 0.3 is 0 Å². The molecule has 0 aliphatic carbocycles. The average Bonchev–Trinajstić information content (AvgIpc) is 2.26. The SMILES string of the molecule is CCCSc1nc(N)c(C#N)cc1C#N. The summed E-state index contributed by atoms with van der Waals surface area (Å²) >= 11 is 1.48. The van der Waals surface area contributed by atoms with E-state index in [9.17, 15) is 0 Å². The van der Waals surface area contributed by atoms with Gasteiger partial charge in [0.15, 0.2) is 0 Å². The summed E-state index contributed by atoms with van der Waals surface area (Å²) < 4.78 is 0. The predicted molar refractivity (Wildman–Crippen MR) is 59.1 cm³/mol. The van der Waals surface area contributed by atoms with E-state index in [1.54, 1.807) is 0 Å². The van der Waals surface area contributed by atoms with E-state index >= 15 is 0 Å². The van der Waals surface area contributed by atoms with Crippen molar-refractivity contribution in [2.45, 2.75) is 18.4 Å². The number of thioether (sulfide) groups is 1. The topological polar surface area (TPSA) is 86.5 Å². The van der Waals surface area contributed by atoms with Crippen LogP contribution in [-0.4, -0.2) is 10.7 Å². The van der Waals surface area contributed by atoms with Crippen LogP contribution in [0.2, 0.25) is 0 Å². The van der Waals surface area contributed by atoms with Crippen molar-refractivity contribution >= 4 is 17.6 Å². The second-order valence-corrected chi connectivity index (χ2v) is 3.93. The molecule has 0 spiro atoms. The fourth-order valence-corrected chi connectivity index (χ4v) is 1.81. The number of hydrogen-bond donors (Lipinski definition) is 1. The first-order chi connectivity index (χ1) is 7.22. The molecule has 0 aromatic carbocycles. The van der Waals surface area contributed by atoms with Crippen molar-refractivity contribution in [2.24, 2.45) is 0 Å². The Labute approximate surface area is 92.7 Å². The van der Waals surface area contributed by atoms with Gasteiger partial charge in [0, 0.05) is 0 Å². The highest BCUT2D eigenvalue weighted by molar-refractivity contribution is 7.99. The molecule has 0 radical (unpaired) electrons. The van der Waals surface area contributed by atoms with E-state index < -0.39 is 0 Å². The molecule has 2 N–H and O–H groups in total. The largest absolute Gasteiger partial charge is 0.383 e. The van der Waals surface area contributed by atoms with E-state index in [1.165, 1.54) is 17.8 Å². The maximum Gasteiger partial charge on any atom is 0.142 e. The summed E-state index contributed by atoms with van der Waals surface area (Å²) in [6.07, 6.45) is 0.997. The van der Waals surface area contributed by atoms with Gasteiger partial charge in [0.1, 0.15) is 23.0 Å². The van der Waals surface area contributed by atoms with Crippen LogP contribution in [0.4, 0.5) is 5.82 Å². The predicted octanol–water partition coefficient (Wildman–Crippen LogP) is 1.91. The normalized spacial score (nSPS) is 9.27. The van der Waals surface area contributed by atoms with Crippen molar-refractivity contribution < 1.29 is 0 Å². The Morgan fingerprint density at radius 2 is 2.07 bits per heavy atom. The molecule has 0 atom stereocenters. The summed E-state index contributed by atoms with van der Waals surface area (Å²) in [4.78, 5) is 4.05.